The largest absolute Gasteiger partial charge is 0.398 e. The Hall–Kier alpha value is -2.77. The minimum absolute atomic E-state index is 0.595. The second-order valence-corrected chi connectivity index (χ2v) is 6.58. The summed E-state index contributed by atoms with van der Waals surface area (Å²) in [6.07, 6.45) is 0. The molecule has 2 heteroatoms. The number of halogens is 1. The smallest absolute Gasteiger partial charge is 0.0635 e. The van der Waals surface area contributed by atoms with Gasteiger partial charge in [-0.3, -0.25) is 0 Å². The number of hydrogen-bond donors (Lipinski definition) is 1. The lowest BCUT2D eigenvalue weighted by molar-refractivity contribution is 1.64. The van der Waals surface area contributed by atoms with E-state index in [1.165, 1.54) is 38.6 Å². The maximum atomic E-state index is 6.08. The Kier molecular flexibility index (Phi) is 2.76. The fourth-order valence-electron chi connectivity index (χ4n) is 3.77. The Morgan fingerprint density at radius 3 is 2.04 bits per heavy atom. The van der Waals surface area contributed by atoms with E-state index in [1.807, 2.05) is 18.2 Å². The van der Waals surface area contributed by atoms with Crippen LogP contribution in [0.5, 0.6) is 0 Å². The quantitative estimate of drug-likeness (QED) is 0.355. The summed E-state index contributed by atoms with van der Waals surface area (Å²) in [5.41, 5.74) is 14.1. The minimum atomic E-state index is 0.595. The van der Waals surface area contributed by atoms with Gasteiger partial charge < -0.3 is 5.73 Å². The molecular formula is C22H14ClN. The van der Waals surface area contributed by atoms with Crippen LogP contribution in [0.25, 0.3) is 44.2 Å². The SMILES string of the molecule is Nc1cc(-c2ccc3c4c(cccc24)-c2ccccc2-3)ccc1Cl. The van der Waals surface area contributed by atoms with Gasteiger partial charge in [-0.25, -0.2) is 0 Å². The van der Waals surface area contributed by atoms with Crippen molar-refractivity contribution in [2.24, 2.45) is 0 Å². The number of nitrogen functional groups attached to an aromatic ring is 1. The molecule has 0 spiro atoms. The van der Waals surface area contributed by atoms with E-state index < -0.39 is 0 Å². The van der Waals surface area contributed by atoms with Crippen LogP contribution in [0.15, 0.2) is 72.8 Å². The van der Waals surface area contributed by atoms with Crippen molar-refractivity contribution in [3.8, 4) is 33.4 Å². The van der Waals surface area contributed by atoms with Crippen LogP contribution in [-0.4, -0.2) is 0 Å². The van der Waals surface area contributed by atoms with Crippen LogP contribution in [-0.2, 0) is 0 Å². The Morgan fingerprint density at radius 1 is 0.625 bits per heavy atom. The number of hydrogen-bond acceptors (Lipinski definition) is 1. The summed E-state index contributed by atoms with van der Waals surface area (Å²) in [5, 5.41) is 3.17. The lowest BCUT2D eigenvalue weighted by Gasteiger charge is -2.10. The van der Waals surface area contributed by atoms with Crippen molar-refractivity contribution in [2.75, 3.05) is 5.73 Å². The van der Waals surface area contributed by atoms with Crippen LogP contribution in [0.3, 0.4) is 0 Å². The third-order valence-corrected chi connectivity index (χ3v) is 5.20. The molecule has 24 heavy (non-hydrogen) atoms. The molecule has 0 aromatic heterocycles. The highest BCUT2D eigenvalue weighted by atomic mass is 35.5. The van der Waals surface area contributed by atoms with Gasteiger partial charge in [0.15, 0.2) is 0 Å². The molecule has 0 bridgehead atoms. The van der Waals surface area contributed by atoms with E-state index in [2.05, 4.69) is 54.6 Å². The highest BCUT2D eigenvalue weighted by Gasteiger charge is 2.22. The van der Waals surface area contributed by atoms with Gasteiger partial charge in [-0.15, -0.1) is 0 Å². The maximum absolute atomic E-state index is 6.08. The van der Waals surface area contributed by atoms with E-state index in [9.17, 15) is 0 Å². The normalized spacial score (nSPS) is 11.7. The van der Waals surface area contributed by atoms with Gasteiger partial charge in [0.2, 0.25) is 0 Å². The van der Waals surface area contributed by atoms with Gasteiger partial charge in [0.25, 0.3) is 0 Å². The van der Waals surface area contributed by atoms with Crippen molar-refractivity contribution in [1.29, 1.82) is 0 Å². The van der Waals surface area contributed by atoms with E-state index in [0.29, 0.717) is 10.7 Å². The van der Waals surface area contributed by atoms with Gasteiger partial charge >= 0.3 is 0 Å². The van der Waals surface area contributed by atoms with E-state index in [1.54, 1.807) is 0 Å². The zero-order chi connectivity index (χ0) is 16.3. The summed E-state index contributed by atoms with van der Waals surface area (Å²) < 4.78 is 0. The molecule has 0 amide bonds. The minimum Gasteiger partial charge on any atom is -0.398 e. The second kappa shape index (κ2) is 4.86. The molecule has 114 valence electrons. The summed E-state index contributed by atoms with van der Waals surface area (Å²) >= 11 is 6.08. The Bertz CT molecular complexity index is 1100. The van der Waals surface area contributed by atoms with Crippen LogP contribution < -0.4 is 5.73 Å². The predicted octanol–water partition coefficient (Wildman–Crippen LogP) is 6.39. The Morgan fingerprint density at radius 2 is 1.29 bits per heavy atom. The zero-order valence-corrected chi connectivity index (χ0v) is 13.6. The number of nitrogens with two attached hydrogens (primary N) is 1. The second-order valence-electron chi connectivity index (χ2n) is 6.17. The molecule has 0 aliphatic heterocycles. The lowest BCUT2D eigenvalue weighted by atomic mass is 9.94. The molecule has 1 aliphatic carbocycles. The zero-order valence-electron chi connectivity index (χ0n) is 12.9. The van der Waals surface area contributed by atoms with Crippen molar-refractivity contribution in [3.05, 3.63) is 77.8 Å². The third kappa shape index (κ3) is 1.76. The first-order valence-electron chi connectivity index (χ1n) is 7.95. The lowest BCUT2D eigenvalue weighted by Crippen LogP contribution is -1.88. The molecule has 0 fully saturated rings. The summed E-state index contributed by atoms with van der Waals surface area (Å²) in [4.78, 5) is 0. The maximum Gasteiger partial charge on any atom is 0.0635 e. The first-order chi connectivity index (χ1) is 11.7. The molecule has 0 unspecified atom stereocenters. The average Bonchev–Trinajstić information content (AvgIpc) is 2.94. The number of benzene rings is 4. The van der Waals surface area contributed by atoms with E-state index >= 15 is 0 Å². The first-order valence-corrected chi connectivity index (χ1v) is 8.33. The van der Waals surface area contributed by atoms with Crippen molar-refractivity contribution < 1.29 is 0 Å². The van der Waals surface area contributed by atoms with Crippen LogP contribution in [0, 0.1) is 0 Å². The molecule has 0 saturated heterocycles. The topological polar surface area (TPSA) is 26.0 Å². The van der Waals surface area contributed by atoms with Gasteiger partial charge in [0.1, 0.15) is 0 Å². The Balaban J connectivity index is 1.86. The molecule has 0 atom stereocenters. The summed E-state index contributed by atoms with van der Waals surface area (Å²) in [6.45, 7) is 0. The van der Waals surface area contributed by atoms with Crippen molar-refractivity contribution >= 4 is 28.1 Å². The molecule has 0 radical (unpaired) electrons. The molecule has 0 heterocycles. The first kappa shape index (κ1) is 13.6. The van der Waals surface area contributed by atoms with Gasteiger partial charge in [0, 0.05) is 0 Å². The molecule has 5 rings (SSSR count). The van der Waals surface area contributed by atoms with E-state index in [0.717, 1.165) is 5.56 Å². The van der Waals surface area contributed by atoms with Crippen LogP contribution in [0.1, 0.15) is 0 Å². The third-order valence-electron chi connectivity index (χ3n) is 4.86. The van der Waals surface area contributed by atoms with Crippen molar-refractivity contribution in [3.63, 3.8) is 0 Å². The van der Waals surface area contributed by atoms with Crippen LogP contribution in [0.2, 0.25) is 5.02 Å². The average molecular weight is 328 g/mol. The monoisotopic (exact) mass is 327 g/mol. The van der Waals surface area contributed by atoms with Crippen LogP contribution >= 0.6 is 11.6 Å². The molecule has 4 aromatic rings. The Labute approximate surface area is 145 Å². The number of anilines is 1. The van der Waals surface area contributed by atoms with Gasteiger partial charge in [0.05, 0.1) is 10.7 Å². The van der Waals surface area contributed by atoms with Crippen molar-refractivity contribution in [1.82, 2.24) is 0 Å². The highest BCUT2D eigenvalue weighted by Crippen LogP contribution is 2.49. The summed E-state index contributed by atoms with van der Waals surface area (Å²) in [5.74, 6) is 0. The molecule has 0 saturated carbocycles. The highest BCUT2D eigenvalue weighted by molar-refractivity contribution is 6.33. The predicted molar refractivity (Wildman–Crippen MR) is 103 cm³/mol. The number of rotatable bonds is 1. The van der Waals surface area contributed by atoms with Gasteiger partial charge in [-0.2, -0.15) is 0 Å². The summed E-state index contributed by atoms with van der Waals surface area (Å²) in [7, 11) is 0. The molecule has 2 N–H and O–H groups in total. The van der Waals surface area contributed by atoms with Gasteiger partial charge in [-0.05, 0) is 56.3 Å². The fraction of sp³-hybridized carbons (Fsp3) is 0. The standard InChI is InChI=1S/C22H14ClN/c23-20-11-8-13(12-21(20)24)14-9-10-19-16-5-2-1-4-15(16)18-7-3-6-17(14)22(18)19/h1-12H,24H2. The van der Waals surface area contributed by atoms with E-state index in [-0.39, 0.29) is 0 Å². The van der Waals surface area contributed by atoms with Crippen LogP contribution in [0.4, 0.5) is 5.69 Å². The molecule has 1 aliphatic rings. The molecule has 4 aromatic carbocycles. The molecular weight excluding hydrogens is 314 g/mol. The number of fused-ring (bicyclic) bond motifs is 3. The summed E-state index contributed by atoms with van der Waals surface area (Å²) in [6, 6.07) is 25.4. The van der Waals surface area contributed by atoms with Crippen molar-refractivity contribution in [2.45, 2.75) is 0 Å². The molecule has 1 nitrogen and oxygen atoms in total. The fourth-order valence-corrected chi connectivity index (χ4v) is 3.89. The van der Waals surface area contributed by atoms with E-state index in [4.69, 9.17) is 17.3 Å². The van der Waals surface area contributed by atoms with Gasteiger partial charge in [-0.1, -0.05) is 72.3 Å².